The molecule has 2 rings (SSSR count). The van der Waals surface area contributed by atoms with Gasteiger partial charge in [0.15, 0.2) is 6.29 Å². The molecule has 1 aliphatic carbocycles. The molecule has 3 heteroatoms. The molecule has 0 amide bonds. The monoisotopic (exact) mass is 223 g/mol. The molecule has 1 aliphatic rings. The Labute approximate surface area is 94.8 Å². The zero-order valence-electron chi connectivity index (χ0n) is 8.74. The summed E-state index contributed by atoms with van der Waals surface area (Å²) in [4.78, 5) is 13.1. The number of carbonyl (C=O) groups excluding carboxylic acids is 1. The van der Waals surface area contributed by atoms with E-state index in [9.17, 15) is 4.79 Å². The molecule has 1 saturated carbocycles. The average molecular weight is 224 g/mol. The van der Waals surface area contributed by atoms with Gasteiger partial charge in [-0.05, 0) is 31.4 Å². The Balaban J connectivity index is 2.33. The van der Waals surface area contributed by atoms with E-state index in [1.54, 1.807) is 6.07 Å². The van der Waals surface area contributed by atoms with Gasteiger partial charge in [-0.15, -0.1) is 0 Å². The van der Waals surface area contributed by atoms with E-state index in [0.717, 1.165) is 12.0 Å². The van der Waals surface area contributed by atoms with Crippen molar-refractivity contribution in [1.29, 1.82) is 0 Å². The molecule has 1 aromatic carbocycles. The molecule has 80 valence electrons. The lowest BCUT2D eigenvalue weighted by atomic mass is 9.91. The summed E-state index contributed by atoms with van der Waals surface area (Å²) in [6.45, 7) is 0. The number of hydrogen-bond donors (Lipinski definition) is 0. The molecular weight excluding hydrogens is 210 g/mol. The Morgan fingerprint density at radius 3 is 2.73 bits per heavy atom. The maximum absolute atomic E-state index is 11.0. The largest absolute Gasteiger partial charge is 0.371 e. The van der Waals surface area contributed by atoms with Crippen LogP contribution in [0.4, 0.5) is 5.69 Å². The van der Waals surface area contributed by atoms with Crippen molar-refractivity contribution in [3.05, 3.63) is 28.8 Å². The van der Waals surface area contributed by atoms with Crippen molar-refractivity contribution in [3.63, 3.8) is 0 Å². The lowest BCUT2D eigenvalue weighted by molar-refractivity contribution is 0.112. The van der Waals surface area contributed by atoms with Gasteiger partial charge in [-0.3, -0.25) is 4.79 Å². The van der Waals surface area contributed by atoms with Gasteiger partial charge in [0.1, 0.15) is 0 Å². The minimum Gasteiger partial charge on any atom is -0.371 e. The van der Waals surface area contributed by atoms with E-state index in [1.165, 1.54) is 19.3 Å². The second-order valence-electron chi connectivity index (χ2n) is 3.99. The Morgan fingerprint density at radius 1 is 1.47 bits per heavy atom. The minimum atomic E-state index is 0.536. The smallest absolute Gasteiger partial charge is 0.153 e. The normalized spacial score (nSPS) is 15.9. The standard InChI is InChI=1S/C12H14ClNO/c1-14(9-4-2-5-9)12-7-3-6-11(13)10(12)8-15/h3,6-9H,2,4-5H2,1H3. The Morgan fingerprint density at radius 2 is 2.20 bits per heavy atom. The molecule has 0 heterocycles. The zero-order chi connectivity index (χ0) is 10.8. The summed E-state index contributed by atoms with van der Waals surface area (Å²) in [6, 6.07) is 6.17. The molecule has 2 nitrogen and oxygen atoms in total. The minimum absolute atomic E-state index is 0.536. The highest BCUT2D eigenvalue weighted by molar-refractivity contribution is 6.33. The number of aldehydes is 1. The van der Waals surface area contributed by atoms with E-state index in [-0.39, 0.29) is 0 Å². The van der Waals surface area contributed by atoms with Crippen LogP contribution in [-0.2, 0) is 0 Å². The van der Waals surface area contributed by atoms with Gasteiger partial charge in [0.05, 0.1) is 10.6 Å². The molecule has 0 unspecified atom stereocenters. The van der Waals surface area contributed by atoms with Crippen molar-refractivity contribution in [2.45, 2.75) is 25.3 Å². The first kappa shape index (κ1) is 10.5. The lowest BCUT2D eigenvalue weighted by Crippen LogP contribution is -2.37. The van der Waals surface area contributed by atoms with E-state index in [2.05, 4.69) is 4.90 Å². The number of rotatable bonds is 3. The van der Waals surface area contributed by atoms with Crippen molar-refractivity contribution in [2.75, 3.05) is 11.9 Å². The fourth-order valence-corrected chi connectivity index (χ4v) is 2.13. The van der Waals surface area contributed by atoms with Crippen LogP contribution in [0.1, 0.15) is 29.6 Å². The van der Waals surface area contributed by atoms with Crippen LogP contribution >= 0.6 is 11.6 Å². The van der Waals surface area contributed by atoms with Crippen molar-refractivity contribution in [3.8, 4) is 0 Å². The Bertz CT molecular complexity index is 374. The van der Waals surface area contributed by atoms with Crippen LogP contribution in [0.5, 0.6) is 0 Å². The van der Waals surface area contributed by atoms with Gasteiger partial charge >= 0.3 is 0 Å². The molecule has 0 atom stereocenters. The highest BCUT2D eigenvalue weighted by Crippen LogP contribution is 2.32. The topological polar surface area (TPSA) is 20.3 Å². The molecule has 1 fully saturated rings. The van der Waals surface area contributed by atoms with E-state index in [1.807, 2.05) is 19.2 Å². The van der Waals surface area contributed by atoms with Gasteiger partial charge in [-0.2, -0.15) is 0 Å². The number of halogens is 1. The lowest BCUT2D eigenvalue weighted by Gasteiger charge is -2.37. The summed E-state index contributed by atoms with van der Waals surface area (Å²) in [7, 11) is 2.03. The van der Waals surface area contributed by atoms with E-state index in [0.29, 0.717) is 16.6 Å². The number of anilines is 1. The Kier molecular flexibility index (Phi) is 2.96. The van der Waals surface area contributed by atoms with Gasteiger partial charge in [-0.25, -0.2) is 0 Å². The highest BCUT2D eigenvalue weighted by Gasteiger charge is 2.24. The number of hydrogen-bond acceptors (Lipinski definition) is 2. The summed E-state index contributed by atoms with van der Waals surface area (Å²) in [5, 5.41) is 0.536. The Hall–Kier alpha value is -1.02. The van der Waals surface area contributed by atoms with Crippen molar-refractivity contribution >= 4 is 23.6 Å². The van der Waals surface area contributed by atoms with E-state index < -0.39 is 0 Å². The van der Waals surface area contributed by atoms with Gasteiger partial charge in [0.2, 0.25) is 0 Å². The first-order chi connectivity index (χ1) is 7.24. The van der Waals surface area contributed by atoms with E-state index in [4.69, 9.17) is 11.6 Å². The van der Waals surface area contributed by atoms with Gasteiger partial charge in [-0.1, -0.05) is 17.7 Å². The summed E-state index contributed by atoms with van der Waals surface area (Å²) in [5.74, 6) is 0. The number of carbonyl (C=O) groups is 1. The third kappa shape index (κ3) is 1.86. The zero-order valence-corrected chi connectivity index (χ0v) is 9.50. The molecule has 0 saturated heterocycles. The van der Waals surface area contributed by atoms with Gasteiger partial charge in [0.25, 0.3) is 0 Å². The molecule has 1 aromatic rings. The van der Waals surface area contributed by atoms with Gasteiger partial charge < -0.3 is 4.90 Å². The van der Waals surface area contributed by atoms with Crippen LogP contribution in [0, 0.1) is 0 Å². The van der Waals surface area contributed by atoms with Gasteiger partial charge in [0, 0.05) is 18.8 Å². The first-order valence-electron chi connectivity index (χ1n) is 5.20. The van der Waals surface area contributed by atoms with Crippen LogP contribution in [-0.4, -0.2) is 19.4 Å². The molecule has 0 spiro atoms. The predicted molar refractivity (Wildman–Crippen MR) is 62.9 cm³/mol. The quantitative estimate of drug-likeness (QED) is 0.734. The molecule has 0 aliphatic heterocycles. The number of nitrogens with zero attached hydrogens (tertiary/aromatic N) is 1. The van der Waals surface area contributed by atoms with Crippen molar-refractivity contribution < 1.29 is 4.79 Å². The van der Waals surface area contributed by atoms with Crippen molar-refractivity contribution in [2.24, 2.45) is 0 Å². The van der Waals surface area contributed by atoms with Crippen LogP contribution in [0.15, 0.2) is 18.2 Å². The maximum atomic E-state index is 11.0. The number of benzene rings is 1. The first-order valence-corrected chi connectivity index (χ1v) is 5.58. The van der Waals surface area contributed by atoms with Crippen molar-refractivity contribution in [1.82, 2.24) is 0 Å². The third-order valence-electron chi connectivity index (χ3n) is 3.15. The fourth-order valence-electron chi connectivity index (χ4n) is 1.92. The molecule has 0 aromatic heterocycles. The summed E-state index contributed by atoms with van der Waals surface area (Å²) in [6.07, 6.45) is 4.54. The molecule has 0 N–H and O–H groups in total. The summed E-state index contributed by atoms with van der Waals surface area (Å²) >= 11 is 5.98. The maximum Gasteiger partial charge on any atom is 0.153 e. The molecule has 0 radical (unpaired) electrons. The molecular formula is C12H14ClNO. The molecule has 0 bridgehead atoms. The average Bonchev–Trinajstić information content (AvgIpc) is 2.14. The van der Waals surface area contributed by atoms with Crippen LogP contribution in [0.3, 0.4) is 0 Å². The SMILES string of the molecule is CN(c1cccc(Cl)c1C=O)C1CCC1. The van der Waals surface area contributed by atoms with Crippen LogP contribution in [0.25, 0.3) is 0 Å². The third-order valence-corrected chi connectivity index (χ3v) is 3.48. The fraction of sp³-hybridized carbons (Fsp3) is 0.417. The summed E-state index contributed by atoms with van der Waals surface area (Å²) in [5.41, 5.74) is 1.55. The van der Waals surface area contributed by atoms with Crippen LogP contribution in [0.2, 0.25) is 5.02 Å². The highest BCUT2D eigenvalue weighted by atomic mass is 35.5. The van der Waals surface area contributed by atoms with Crippen LogP contribution < -0.4 is 4.90 Å². The predicted octanol–water partition coefficient (Wildman–Crippen LogP) is 3.14. The second-order valence-corrected chi connectivity index (χ2v) is 4.39. The van der Waals surface area contributed by atoms with E-state index >= 15 is 0 Å². The summed E-state index contributed by atoms with van der Waals surface area (Å²) < 4.78 is 0. The second kappa shape index (κ2) is 4.23. The molecule has 15 heavy (non-hydrogen) atoms.